The van der Waals surface area contributed by atoms with Crippen molar-refractivity contribution in [1.29, 1.82) is 0 Å². The largest absolute Gasteiger partial charge is 0.496 e. The SMILES string of the molecule is COC1=CC=CC=CC1=C1C=CC=CC=C1. The lowest BCUT2D eigenvalue weighted by molar-refractivity contribution is 0.302. The maximum atomic E-state index is 5.39. The summed E-state index contributed by atoms with van der Waals surface area (Å²) in [4.78, 5) is 0. The van der Waals surface area contributed by atoms with Gasteiger partial charge in [-0.2, -0.15) is 0 Å². The minimum Gasteiger partial charge on any atom is -0.496 e. The van der Waals surface area contributed by atoms with Gasteiger partial charge in [0.15, 0.2) is 0 Å². The second kappa shape index (κ2) is 5.17. The van der Waals surface area contributed by atoms with Crippen molar-refractivity contribution < 1.29 is 4.74 Å². The van der Waals surface area contributed by atoms with Gasteiger partial charge in [0, 0.05) is 5.57 Å². The molecule has 0 saturated carbocycles. The Morgan fingerprint density at radius 3 is 2.06 bits per heavy atom. The van der Waals surface area contributed by atoms with Crippen molar-refractivity contribution in [1.82, 2.24) is 0 Å². The van der Waals surface area contributed by atoms with E-state index in [0.29, 0.717) is 0 Å². The minimum atomic E-state index is 0.885. The fourth-order valence-corrected chi connectivity index (χ4v) is 1.63. The Bertz CT molecular complexity index is 448. The zero-order valence-corrected chi connectivity index (χ0v) is 9.26. The summed E-state index contributed by atoms with van der Waals surface area (Å²) in [5, 5.41) is 0. The molecule has 0 fully saturated rings. The molecule has 2 rings (SSSR count). The van der Waals surface area contributed by atoms with E-state index < -0.39 is 0 Å². The van der Waals surface area contributed by atoms with Crippen LogP contribution in [0.3, 0.4) is 0 Å². The maximum Gasteiger partial charge on any atom is 0.126 e. The Morgan fingerprint density at radius 1 is 0.750 bits per heavy atom. The third-order valence-electron chi connectivity index (χ3n) is 2.41. The van der Waals surface area contributed by atoms with Gasteiger partial charge in [-0.25, -0.2) is 0 Å². The molecule has 80 valence electrons. The highest BCUT2D eigenvalue weighted by Gasteiger charge is 2.06. The van der Waals surface area contributed by atoms with Gasteiger partial charge in [0.2, 0.25) is 0 Å². The van der Waals surface area contributed by atoms with E-state index in [9.17, 15) is 0 Å². The van der Waals surface area contributed by atoms with Crippen LogP contribution >= 0.6 is 0 Å². The molecule has 0 heterocycles. The van der Waals surface area contributed by atoms with Gasteiger partial charge in [-0.3, -0.25) is 0 Å². The molecule has 0 spiro atoms. The van der Waals surface area contributed by atoms with Gasteiger partial charge in [0.05, 0.1) is 7.11 Å². The monoisotopic (exact) mass is 210 g/mol. The van der Waals surface area contributed by atoms with Crippen LogP contribution in [-0.2, 0) is 4.74 Å². The number of allylic oxidation sites excluding steroid dienone is 12. The molecule has 0 atom stereocenters. The first kappa shape index (κ1) is 10.5. The van der Waals surface area contributed by atoms with Gasteiger partial charge in [-0.1, -0.05) is 60.8 Å². The second-order valence-electron chi connectivity index (χ2n) is 3.45. The molecule has 0 bridgehead atoms. The van der Waals surface area contributed by atoms with Gasteiger partial charge >= 0.3 is 0 Å². The van der Waals surface area contributed by atoms with Crippen LogP contribution in [0.25, 0.3) is 0 Å². The fourth-order valence-electron chi connectivity index (χ4n) is 1.63. The molecule has 1 heteroatoms. The molecule has 2 aliphatic carbocycles. The molecule has 0 N–H and O–H groups in total. The van der Waals surface area contributed by atoms with Gasteiger partial charge < -0.3 is 4.74 Å². The van der Waals surface area contributed by atoms with E-state index in [4.69, 9.17) is 4.74 Å². The second-order valence-corrected chi connectivity index (χ2v) is 3.45. The lowest BCUT2D eigenvalue weighted by Crippen LogP contribution is -1.92. The Balaban J connectivity index is 2.48. The summed E-state index contributed by atoms with van der Waals surface area (Å²) >= 11 is 0. The summed E-state index contributed by atoms with van der Waals surface area (Å²) in [6, 6.07) is 0. The molecule has 0 saturated heterocycles. The standard InChI is InChI=1S/C15H14O/c1-16-15-12-8-4-7-11-14(15)13-9-5-2-3-6-10-13/h2-12H,1H3. The first-order chi connectivity index (χ1) is 7.92. The molecule has 2 aliphatic rings. The zero-order valence-electron chi connectivity index (χ0n) is 9.26. The van der Waals surface area contributed by atoms with E-state index in [1.807, 2.05) is 48.6 Å². The number of rotatable bonds is 1. The molecule has 0 aromatic carbocycles. The maximum absolute atomic E-state index is 5.39. The number of hydrogen-bond acceptors (Lipinski definition) is 1. The normalized spacial score (nSPS) is 18.4. The van der Waals surface area contributed by atoms with Crippen molar-refractivity contribution in [2.75, 3.05) is 7.11 Å². The zero-order chi connectivity index (χ0) is 11.2. The third-order valence-corrected chi connectivity index (χ3v) is 2.41. The van der Waals surface area contributed by atoms with Crippen LogP contribution in [-0.4, -0.2) is 7.11 Å². The van der Waals surface area contributed by atoms with E-state index in [1.54, 1.807) is 7.11 Å². The van der Waals surface area contributed by atoms with E-state index >= 15 is 0 Å². The molecule has 0 aromatic rings. The Kier molecular flexibility index (Phi) is 3.39. The quantitative estimate of drug-likeness (QED) is 0.642. The van der Waals surface area contributed by atoms with Gasteiger partial charge in [0.25, 0.3) is 0 Å². The smallest absolute Gasteiger partial charge is 0.126 e. The summed E-state index contributed by atoms with van der Waals surface area (Å²) in [5.41, 5.74) is 2.25. The Labute approximate surface area is 96.1 Å². The highest BCUT2D eigenvalue weighted by molar-refractivity contribution is 5.53. The van der Waals surface area contributed by atoms with Crippen LogP contribution in [0.1, 0.15) is 0 Å². The summed E-state index contributed by atoms with van der Waals surface area (Å²) in [6.45, 7) is 0. The average Bonchev–Trinajstić information content (AvgIpc) is 2.70. The predicted molar refractivity (Wildman–Crippen MR) is 67.8 cm³/mol. The molecular weight excluding hydrogens is 196 g/mol. The summed E-state index contributed by atoms with van der Waals surface area (Å²) in [6.07, 6.45) is 22.3. The number of ether oxygens (including phenoxy) is 1. The number of methoxy groups -OCH3 is 1. The topological polar surface area (TPSA) is 9.23 Å². The van der Waals surface area contributed by atoms with Crippen molar-refractivity contribution in [2.24, 2.45) is 0 Å². The Hall–Kier alpha value is -2.02. The Morgan fingerprint density at radius 2 is 1.38 bits per heavy atom. The van der Waals surface area contributed by atoms with Crippen molar-refractivity contribution in [3.63, 3.8) is 0 Å². The summed E-state index contributed by atoms with van der Waals surface area (Å²) < 4.78 is 5.39. The van der Waals surface area contributed by atoms with Crippen LogP contribution in [0, 0.1) is 0 Å². The van der Waals surface area contributed by atoms with E-state index in [1.165, 1.54) is 0 Å². The molecule has 1 nitrogen and oxygen atoms in total. The first-order valence-electron chi connectivity index (χ1n) is 5.27. The molecule has 16 heavy (non-hydrogen) atoms. The van der Waals surface area contributed by atoms with Crippen molar-refractivity contribution in [3.8, 4) is 0 Å². The van der Waals surface area contributed by atoms with Crippen molar-refractivity contribution in [2.45, 2.75) is 0 Å². The van der Waals surface area contributed by atoms with Crippen LogP contribution in [0.4, 0.5) is 0 Å². The van der Waals surface area contributed by atoms with Crippen molar-refractivity contribution >= 4 is 0 Å². The molecule has 0 unspecified atom stereocenters. The average molecular weight is 210 g/mol. The lowest BCUT2D eigenvalue weighted by Gasteiger charge is -2.08. The van der Waals surface area contributed by atoms with E-state index in [2.05, 4.69) is 18.2 Å². The highest BCUT2D eigenvalue weighted by Crippen LogP contribution is 2.22. The van der Waals surface area contributed by atoms with Crippen LogP contribution in [0.5, 0.6) is 0 Å². The van der Waals surface area contributed by atoms with Crippen molar-refractivity contribution in [3.05, 3.63) is 83.7 Å². The summed E-state index contributed by atoms with van der Waals surface area (Å²) in [7, 11) is 1.70. The van der Waals surface area contributed by atoms with Gasteiger partial charge in [-0.05, 0) is 11.6 Å². The number of hydrogen-bond donors (Lipinski definition) is 0. The molecule has 0 amide bonds. The fraction of sp³-hybridized carbons (Fsp3) is 0.0667. The van der Waals surface area contributed by atoms with E-state index in [0.717, 1.165) is 16.9 Å². The molecule has 0 radical (unpaired) electrons. The van der Waals surface area contributed by atoms with Crippen LogP contribution in [0.15, 0.2) is 83.7 Å². The van der Waals surface area contributed by atoms with E-state index in [-0.39, 0.29) is 0 Å². The summed E-state index contributed by atoms with van der Waals surface area (Å²) in [5.74, 6) is 0.885. The van der Waals surface area contributed by atoms with Gasteiger partial charge in [0.1, 0.15) is 5.76 Å². The third kappa shape index (κ3) is 2.31. The molecule has 0 aliphatic heterocycles. The molecule has 0 aromatic heterocycles. The highest BCUT2D eigenvalue weighted by atomic mass is 16.5. The minimum absolute atomic E-state index is 0.885. The van der Waals surface area contributed by atoms with Gasteiger partial charge in [-0.15, -0.1) is 0 Å². The molecular formula is C15H14O. The first-order valence-corrected chi connectivity index (χ1v) is 5.27. The van der Waals surface area contributed by atoms with Crippen LogP contribution < -0.4 is 0 Å². The predicted octanol–water partition coefficient (Wildman–Crippen LogP) is 3.62. The van der Waals surface area contributed by atoms with Crippen LogP contribution in [0.2, 0.25) is 0 Å². The lowest BCUT2D eigenvalue weighted by atomic mass is 10.1.